The molecular formula is C20H26N4O4S. The Balaban J connectivity index is 1.58. The van der Waals surface area contributed by atoms with Crippen LogP contribution in [0.4, 0.5) is 0 Å². The molecule has 1 aromatic heterocycles. The maximum absolute atomic E-state index is 13.1. The zero-order valence-corrected chi connectivity index (χ0v) is 17.7. The van der Waals surface area contributed by atoms with Crippen molar-refractivity contribution in [2.24, 2.45) is 0 Å². The van der Waals surface area contributed by atoms with Crippen LogP contribution in [0.25, 0.3) is 0 Å². The molecule has 0 radical (unpaired) electrons. The normalized spacial score (nSPS) is 21.7. The highest BCUT2D eigenvalue weighted by Gasteiger charge is 2.48. The second-order valence-corrected chi connectivity index (χ2v) is 9.90. The van der Waals surface area contributed by atoms with Crippen LogP contribution in [0.2, 0.25) is 0 Å². The van der Waals surface area contributed by atoms with Gasteiger partial charge in [-0.2, -0.15) is 4.31 Å². The summed E-state index contributed by atoms with van der Waals surface area (Å²) in [6, 6.07) is 6.95. The molecule has 1 aromatic carbocycles. The van der Waals surface area contributed by atoms with E-state index in [4.69, 9.17) is 4.74 Å². The number of nitrogens with zero attached hydrogens (tertiary/aromatic N) is 4. The Hall–Kier alpha value is -2.23. The third kappa shape index (κ3) is 3.47. The second kappa shape index (κ2) is 7.23. The summed E-state index contributed by atoms with van der Waals surface area (Å²) in [5.74, 6) is 0.673. The van der Waals surface area contributed by atoms with Crippen molar-refractivity contribution in [2.75, 3.05) is 27.2 Å². The van der Waals surface area contributed by atoms with Gasteiger partial charge < -0.3 is 14.2 Å². The minimum absolute atomic E-state index is 0.0986. The van der Waals surface area contributed by atoms with Crippen LogP contribution >= 0.6 is 0 Å². The average molecular weight is 419 g/mol. The van der Waals surface area contributed by atoms with Gasteiger partial charge in [-0.05, 0) is 37.5 Å². The molecule has 9 heteroatoms. The Morgan fingerprint density at radius 2 is 2.00 bits per heavy atom. The Kier molecular flexibility index (Phi) is 5.00. The van der Waals surface area contributed by atoms with Gasteiger partial charge in [-0.25, -0.2) is 13.4 Å². The number of amides is 1. The van der Waals surface area contributed by atoms with Crippen molar-refractivity contribution in [3.8, 4) is 0 Å². The van der Waals surface area contributed by atoms with E-state index in [1.807, 2.05) is 23.8 Å². The molecule has 4 rings (SSSR count). The van der Waals surface area contributed by atoms with Crippen LogP contribution in [-0.4, -0.2) is 66.4 Å². The lowest BCUT2D eigenvalue weighted by Crippen LogP contribution is -2.54. The first-order valence-corrected chi connectivity index (χ1v) is 11.1. The molecule has 1 fully saturated rings. The number of benzene rings is 1. The van der Waals surface area contributed by atoms with Gasteiger partial charge in [-0.3, -0.25) is 4.79 Å². The van der Waals surface area contributed by atoms with Gasteiger partial charge in [0.1, 0.15) is 11.4 Å². The van der Waals surface area contributed by atoms with Crippen LogP contribution in [0.5, 0.6) is 0 Å². The fourth-order valence-electron chi connectivity index (χ4n) is 4.17. The molecule has 3 heterocycles. The number of carbonyl (C=O) groups is 1. The molecule has 0 bridgehead atoms. The molecule has 0 aliphatic carbocycles. The maximum atomic E-state index is 13.1. The maximum Gasteiger partial charge on any atom is 0.253 e. The summed E-state index contributed by atoms with van der Waals surface area (Å²) in [6.07, 6.45) is 3.86. The van der Waals surface area contributed by atoms with E-state index < -0.39 is 21.7 Å². The smallest absolute Gasteiger partial charge is 0.253 e. The van der Waals surface area contributed by atoms with Crippen molar-refractivity contribution in [1.82, 2.24) is 18.8 Å². The fraction of sp³-hybridized carbons (Fsp3) is 0.500. The third-order valence-corrected chi connectivity index (χ3v) is 7.62. The number of aromatic nitrogens is 2. The Bertz CT molecular complexity index is 1020. The SMILES string of the molecule is Cc1cccc(S(=O)(=O)N2CCC3(CC2)O[C@H](C(=O)N(C)C)Cn2ccnc23)c1. The predicted octanol–water partition coefficient (Wildman–Crippen LogP) is 1.36. The van der Waals surface area contributed by atoms with Crippen LogP contribution in [0, 0.1) is 6.92 Å². The summed E-state index contributed by atoms with van der Waals surface area (Å²) in [4.78, 5) is 18.9. The number of carbonyl (C=O) groups excluding carboxylic acids is 1. The van der Waals surface area contributed by atoms with E-state index >= 15 is 0 Å². The monoisotopic (exact) mass is 418 g/mol. The average Bonchev–Trinajstić information content (AvgIpc) is 3.17. The quantitative estimate of drug-likeness (QED) is 0.751. The topological polar surface area (TPSA) is 84.7 Å². The lowest BCUT2D eigenvalue weighted by Gasteiger charge is -2.45. The zero-order chi connectivity index (χ0) is 20.8. The summed E-state index contributed by atoms with van der Waals surface area (Å²) in [6.45, 7) is 2.92. The Morgan fingerprint density at radius 3 is 2.66 bits per heavy atom. The minimum atomic E-state index is -3.57. The first-order valence-electron chi connectivity index (χ1n) is 9.70. The minimum Gasteiger partial charge on any atom is -0.352 e. The highest BCUT2D eigenvalue weighted by Crippen LogP contribution is 2.41. The van der Waals surface area contributed by atoms with Gasteiger partial charge in [0.05, 0.1) is 11.4 Å². The van der Waals surface area contributed by atoms with E-state index in [2.05, 4.69) is 4.98 Å². The number of sulfonamides is 1. The predicted molar refractivity (Wildman–Crippen MR) is 107 cm³/mol. The van der Waals surface area contributed by atoms with Gasteiger partial charge in [0.25, 0.3) is 5.91 Å². The summed E-state index contributed by atoms with van der Waals surface area (Å²) < 4.78 is 35.9. The van der Waals surface area contributed by atoms with E-state index in [-0.39, 0.29) is 5.91 Å². The molecule has 0 N–H and O–H groups in total. The Labute approximate surface area is 171 Å². The number of hydrogen-bond donors (Lipinski definition) is 0. The zero-order valence-electron chi connectivity index (χ0n) is 16.9. The van der Waals surface area contributed by atoms with Gasteiger partial charge in [0.15, 0.2) is 6.10 Å². The largest absolute Gasteiger partial charge is 0.352 e. The van der Waals surface area contributed by atoms with Crippen molar-refractivity contribution in [3.63, 3.8) is 0 Å². The van der Waals surface area contributed by atoms with Crippen LogP contribution in [0.15, 0.2) is 41.6 Å². The number of hydrogen-bond acceptors (Lipinski definition) is 5. The first-order chi connectivity index (χ1) is 13.7. The standard InChI is InChI=1S/C20H26N4O4S/c1-15-5-4-6-16(13-15)29(26,27)24-10-7-20(8-11-24)19-21-9-12-23(19)14-17(28-20)18(25)22(2)3/h4-6,9,12-13,17H,7-8,10-11,14H2,1-3H3/t17-/m0/s1. The van der Waals surface area contributed by atoms with Crippen molar-refractivity contribution in [2.45, 2.75) is 42.9 Å². The molecule has 29 heavy (non-hydrogen) atoms. The van der Waals surface area contributed by atoms with Crippen molar-refractivity contribution >= 4 is 15.9 Å². The summed E-state index contributed by atoms with van der Waals surface area (Å²) >= 11 is 0. The molecular weight excluding hydrogens is 392 g/mol. The highest BCUT2D eigenvalue weighted by atomic mass is 32.2. The lowest BCUT2D eigenvalue weighted by atomic mass is 9.89. The lowest BCUT2D eigenvalue weighted by molar-refractivity contribution is -0.177. The van der Waals surface area contributed by atoms with Gasteiger partial charge in [-0.1, -0.05) is 12.1 Å². The van der Waals surface area contributed by atoms with E-state index in [0.29, 0.717) is 37.4 Å². The summed E-state index contributed by atoms with van der Waals surface area (Å²) in [5.41, 5.74) is 0.152. The molecule has 1 spiro atoms. The molecule has 1 saturated heterocycles. The molecule has 1 amide bonds. The van der Waals surface area contributed by atoms with Crippen molar-refractivity contribution < 1.29 is 17.9 Å². The van der Waals surface area contributed by atoms with E-state index in [0.717, 1.165) is 11.4 Å². The van der Waals surface area contributed by atoms with E-state index in [9.17, 15) is 13.2 Å². The van der Waals surface area contributed by atoms with Crippen LogP contribution < -0.4 is 0 Å². The number of imidazole rings is 1. The van der Waals surface area contributed by atoms with Crippen molar-refractivity contribution in [1.29, 1.82) is 0 Å². The number of aryl methyl sites for hydroxylation is 1. The number of ether oxygens (including phenoxy) is 1. The number of rotatable bonds is 3. The highest BCUT2D eigenvalue weighted by molar-refractivity contribution is 7.89. The van der Waals surface area contributed by atoms with Gasteiger partial charge in [0.2, 0.25) is 10.0 Å². The van der Waals surface area contributed by atoms with Crippen LogP contribution in [0.1, 0.15) is 24.2 Å². The number of likely N-dealkylation sites (N-methyl/N-ethyl adjacent to an activating group) is 1. The number of piperidine rings is 1. The number of fused-ring (bicyclic) bond motifs is 2. The van der Waals surface area contributed by atoms with E-state index in [1.165, 1.54) is 9.21 Å². The molecule has 0 unspecified atom stereocenters. The molecule has 156 valence electrons. The molecule has 2 aliphatic rings. The third-order valence-electron chi connectivity index (χ3n) is 5.73. The van der Waals surface area contributed by atoms with Crippen LogP contribution in [-0.2, 0) is 31.7 Å². The van der Waals surface area contributed by atoms with Gasteiger partial charge in [0, 0.05) is 39.6 Å². The van der Waals surface area contributed by atoms with Gasteiger partial charge >= 0.3 is 0 Å². The first kappa shape index (κ1) is 20.1. The fourth-order valence-corrected chi connectivity index (χ4v) is 5.71. The second-order valence-electron chi connectivity index (χ2n) is 7.96. The molecule has 2 aliphatic heterocycles. The Morgan fingerprint density at radius 1 is 1.28 bits per heavy atom. The van der Waals surface area contributed by atoms with Crippen molar-refractivity contribution in [3.05, 3.63) is 48.0 Å². The molecule has 2 aromatic rings. The molecule has 8 nitrogen and oxygen atoms in total. The summed E-state index contributed by atoms with van der Waals surface area (Å²) in [5, 5.41) is 0. The molecule has 1 atom stereocenters. The molecule has 0 saturated carbocycles. The van der Waals surface area contributed by atoms with Crippen LogP contribution in [0.3, 0.4) is 0 Å². The van der Waals surface area contributed by atoms with Gasteiger partial charge in [-0.15, -0.1) is 0 Å². The summed E-state index contributed by atoms with van der Waals surface area (Å²) in [7, 11) is -0.157. The van der Waals surface area contributed by atoms with E-state index in [1.54, 1.807) is 38.5 Å².